The minimum absolute atomic E-state index is 0.107. The highest BCUT2D eigenvalue weighted by Gasteiger charge is 2.16. The summed E-state index contributed by atoms with van der Waals surface area (Å²) in [6, 6.07) is 9.02. The molecular formula is C15H15NO4S. The molecule has 1 amide bonds. The van der Waals surface area contributed by atoms with Gasteiger partial charge in [-0.1, -0.05) is 12.1 Å². The van der Waals surface area contributed by atoms with Gasteiger partial charge in [-0.15, -0.1) is 11.3 Å². The first-order valence-electron chi connectivity index (χ1n) is 6.29. The Bertz CT molecular complexity index is 678. The van der Waals surface area contributed by atoms with Crippen LogP contribution >= 0.6 is 11.3 Å². The van der Waals surface area contributed by atoms with Crippen molar-refractivity contribution in [1.82, 2.24) is 0 Å². The number of carbonyl (C=O) groups excluding carboxylic acids is 1. The molecule has 5 nitrogen and oxygen atoms in total. The molecule has 1 heterocycles. The SMILES string of the molecule is Cc1cccc(NC(=O)COc2cc(C)sc2C(=O)O)c1. The molecule has 6 heteroatoms. The highest BCUT2D eigenvalue weighted by Crippen LogP contribution is 2.28. The fourth-order valence-corrected chi connectivity index (χ4v) is 2.60. The highest BCUT2D eigenvalue weighted by atomic mass is 32.1. The summed E-state index contributed by atoms with van der Waals surface area (Å²) in [7, 11) is 0. The van der Waals surface area contributed by atoms with Gasteiger partial charge in [0.1, 0.15) is 5.75 Å². The molecule has 0 radical (unpaired) electrons. The van der Waals surface area contributed by atoms with Crippen LogP contribution in [0.3, 0.4) is 0 Å². The van der Waals surface area contributed by atoms with Crippen LogP contribution in [0.5, 0.6) is 5.75 Å². The van der Waals surface area contributed by atoms with Crippen molar-refractivity contribution in [1.29, 1.82) is 0 Å². The smallest absolute Gasteiger partial charge is 0.349 e. The third-order valence-electron chi connectivity index (χ3n) is 2.68. The average molecular weight is 305 g/mol. The number of anilines is 1. The van der Waals surface area contributed by atoms with E-state index < -0.39 is 5.97 Å². The lowest BCUT2D eigenvalue weighted by Gasteiger charge is -2.07. The second kappa shape index (κ2) is 6.41. The number of carboxylic acids is 1. The number of ether oxygens (including phenoxy) is 1. The third kappa shape index (κ3) is 4.06. The van der Waals surface area contributed by atoms with Crippen molar-refractivity contribution < 1.29 is 19.4 Å². The second-order valence-electron chi connectivity index (χ2n) is 4.56. The lowest BCUT2D eigenvalue weighted by atomic mass is 10.2. The fourth-order valence-electron chi connectivity index (χ4n) is 1.81. The van der Waals surface area contributed by atoms with E-state index in [1.807, 2.05) is 25.1 Å². The van der Waals surface area contributed by atoms with Gasteiger partial charge in [0, 0.05) is 10.6 Å². The van der Waals surface area contributed by atoms with Crippen LogP contribution in [-0.2, 0) is 4.79 Å². The molecule has 110 valence electrons. The third-order valence-corrected chi connectivity index (χ3v) is 3.70. The lowest BCUT2D eigenvalue weighted by molar-refractivity contribution is -0.118. The van der Waals surface area contributed by atoms with Crippen molar-refractivity contribution in [3.05, 3.63) is 45.6 Å². The Hall–Kier alpha value is -2.34. The van der Waals surface area contributed by atoms with Gasteiger partial charge < -0.3 is 15.2 Å². The molecule has 0 saturated carbocycles. The number of hydrogen-bond donors (Lipinski definition) is 2. The quantitative estimate of drug-likeness (QED) is 0.890. The van der Waals surface area contributed by atoms with Crippen LogP contribution in [0, 0.1) is 13.8 Å². The molecule has 0 atom stereocenters. The van der Waals surface area contributed by atoms with Gasteiger partial charge in [0.15, 0.2) is 11.5 Å². The summed E-state index contributed by atoms with van der Waals surface area (Å²) in [4.78, 5) is 23.8. The van der Waals surface area contributed by atoms with E-state index in [0.29, 0.717) is 5.69 Å². The molecule has 0 unspecified atom stereocenters. The number of rotatable bonds is 5. The van der Waals surface area contributed by atoms with E-state index in [9.17, 15) is 9.59 Å². The van der Waals surface area contributed by atoms with Crippen LogP contribution < -0.4 is 10.1 Å². The minimum Gasteiger partial charge on any atom is -0.482 e. The zero-order chi connectivity index (χ0) is 15.4. The maximum Gasteiger partial charge on any atom is 0.349 e. The zero-order valence-electron chi connectivity index (χ0n) is 11.7. The van der Waals surface area contributed by atoms with Gasteiger partial charge in [-0.3, -0.25) is 4.79 Å². The molecule has 2 N–H and O–H groups in total. The first-order valence-corrected chi connectivity index (χ1v) is 7.10. The van der Waals surface area contributed by atoms with E-state index in [2.05, 4.69) is 5.32 Å². The van der Waals surface area contributed by atoms with E-state index in [4.69, 9.17) is 9.84 Å². The maximum absolute atomic E-state index is 11.8. The van der Waals surface area contributed by atoms with Crippen LogP contribution in [0.2, 0.25) is 0 Å². The monoisotopic (exact) mass is 305 g/mol. The predicted molar refractivity (Wildman–Crippen MR) is 81.3 cm³/mol. The molecule has 2 aromatic rings. The number of amides is 1. The van der Waals surface area contributed by atoms with Gasteiger partial charge in [-0.05, 0) is 37.6 Å². The van der Waals surface area contributed by atoms with Crippen molar-refractivity contribution in [3.63, 3.8) is 0 Å². The Morgan fingerprint density at radius 3 is 2.71 bits per heavy atom. The number of carboxylic acid groups (broad SMARTS) is 1. The van der Waals surface area contributed by atoms with Gasteiger partial charge in [-0.2, -0.15) is 0 Å². The summed E-state index contributed by atoms with van der Waals surface area (Å²) in [5, 5.41) is 11.7. The van der Waals surface area contributed by atoms with E-state index in [0.717, 1.165) is 21.8 Å². The molecule has 21 heavy (non-hydrogen) atoms. The van der Waals surface area contributed by atoms with E-state index >= 15 is 0 Å². The molecule has 1 aromatic carbocycles. The molecule has 0 bridgehead atoms. The topological polar surface area (TPSA) is 75.6 Å². The van der Waals surface area contributed by atoms with Crippen LogP contribution in [0.1, 0.15) is 20.1 Å². The van der Waals surface area contributed by atoms with Gasteiger partial charge in [0.25, 0.3) is 5.91 Å². The summed E-state index contributed by atoms with van der Waals surface area (Å²) in [5.74, 6) is -1.16. The van der Waals surface area contributed by atoms with Crippen LogP contribution in [-0.4, -0.2) is 23.6 Å². The number of nitrogens with one attached hydrogen (secondary N) is 1. The molecule has 1 aromatic heterocycles. The number of aromatic carboxylic acids is 1. The number of aryl methyl sites for hydroxylation is 2. The first kappa shape index (κ1) is 15.1. The van der Waals surface area contributed by atoms with Crippen LogP contribution in [0.4, 0.5) is 5.69 Å². The predicted octanol–water partition coefficient (Wildman–Crippen LogP) is 3.08. The van der Waals surface area contributed by atoms with E-state index in [1.54, 1.807) is 19.1 Å². The van der Waals surface area contributed by atoms with Crippen molar-refractivity contribution in [3.8, 4) is 5.75 Å². The average Bonchev–Trinajstić information content (AvgIpc) is 2.78. The van der Waals surface area contributed by atoms with E-state index in [-0.39, 0.29) is 23.1 Å². The molecule has 0 aliphatic heterocycles. The van der Waals surface area contributed by atoms with Crippen molar-refractivity contribution >= 4 is 28.9 Å². The number of benzene rings is 1. The standard InChI is InChI=1S/C15H15NO4S/c1-9-4-3-5-11(6-9)16-13(17)8-20-12-7-10(2)21-14(12)15(18)19/h3-7H,8H2,1-2H3,(H,16,17)(H,18,19). The van der Waals surface area contributed by atoms with Crippen molar-refractivity contribution in [2.75, 3.05) is 11.9 Å². The Labute approximate surface area is 126 Å². The van der Waals surface area contributed by atoms with Gasteiger partial charge in [0.2, 0.25) is 0 Å². The number of hydrogen-bond acceptors (Lipinski definition) is 4. The Morgan fingerprint density at radius 2 is 2.05 bits per heavy atom. The molecule has 0 saturated heterocycles. The summed E-state index contributed by atoms with van der Waals surface area (Å²) in [6.07, 6.45) is 0. The van der Waals surface area contributed by atoms with Gasteiger partial charge in [0.05, 0.1) is 0 Å². The Balaban J connectivity index is 1.97. The van der Waals surface area contributed by atoms with Gasteiger partial charge in [-0.25, -0.2) is 4.79 Å². The molecule has 0 spiro atoms. The van der Waals surface area contributed by atoms with Crippen molar-refractivity contribution in [2.24, 2.45) is 0 Å². The van der Waals surface area contributed by atoms with Crippen LogP contribution in [0.25, 0.3) is 0 Å². The molecule has 0 aliphatic carbocycles. The fraction of sp³-hybridized carbons (Fsp3) is 0.200. The lowest BCUT2D eigenvalue weighted by Crippen LogP contribution is -2.20. The normalized spacial score (nSPS) is 10.2. The zero-order valence-corrected chi connectivity index (χ0v) is 12.5. The Kier molecular flexibility index (Phi) is 4.59. The summed E-state index contributed by atoms with van der Waals surface area (Å²) in [5.41, 5.74) is 1.72. The molecular weight excluding hydrogens is 290 g/mol. The summed E-state index contributed by atoms with van der Waals surface area (Å²) < 4.78 is 5.30. The molecule has 2 rings (SSSR count). The summed E-state index contributed by atoms with van der Waals surface area (Å²) >= 11 is 1.12. The van der Waals surface area contributed by atoms with Crippen molar-refractivity contribution in [2.45, 2.75) is 13.8 Å². The summed E-state index contributed by atoms with van der Waals surface area (Å²) in [6.45, 7) is 3.49. The minimum atomic E-state index is -1.05. The van der Waals surface area contributed by atoms with E-state index in [1.165, 1.54) is 0 Å². The molecule has 0 fully saturated rings. The largest absolute Gasteiger partial charge is 0.482 e. The van der Waals surface area contributed by atoms with Crippen LogP contribution in [0.15, 0.2) is 30.3 Å². The highest BCUT2D eigenvalue weighted by molar-refractivity contribution is 7.14. The Morgan fingerprint density at radius 1 is 1.29 bits per heavy atom. The second-order valence-corrected chi connectivity index (χ2v) is 5.82. The first-order chi connectivity index (χ1) is 9.95. The van der Waals surface area contributed by atoms with Gasteiger partial charge >= 0.3 is 5.97 Å². The molecule has 0 aliphatic rings. The number of carbonyl (C=O) groups is 2. The number of thiophene rings is 1. The maximum atomic E-state index is 11.8.